The lowest BCUT2D eigenvalue weighted by atomic mass is 9.88. The Labute approximate surface area is 66.4 Å². The molecular weight excluding hydrogens is 147 g/mol. The van der Waals surface area contributed by atoms with Crippen LogP contribution in [-0.2, 0) is 4.74 Å². The van der Waals surface area contributed by atoms with E-state index < -0.39 is 11.8 Å². The molecular formula is C8H15FO2. The van der Waals surface area contributed by atoms with E-state index in [0.29, 0.717) is 0 Å². The minimum Gasteiger partial charge on any atom is -0.394 e. The van der Waals surface area contributed by atoms with Gasteiger partial charge in [-0.1, -0.05) is 6.92 Å². The molecule has 11 heavy (non-hydrogen) atoms. The summed E-state index contributed by atoms with van der Waals surface area (Å²) in [4.78, 5) is 0. The molecule has 0 aromatic heterocycles. The van der Waals surface area contributed by atoms with Crippen LogP contribution in [0, 0.1) is 5.92 Å². The van der Waals surface area contributed by atoms with E-state index in [1.807, 2.05) is 0 Å². The third-order valence-electron chi connectivity index (χ3n) is 2.80. The van der Waals surface area contributed by atoms with Crippen molar-refractivity contribution in [2.24, 2.45) is 5.92 Å². The first kappa shape index (κ1) is 8.94. The van der Waals surface area contributed by atoms with Crippen molar-refractivity contribution in [1.82, 2.24) is 0 Å². The molecule has 0 aromatic carbocycles. The summed E-state index contributed by atoms with van der Waals surface area (Å²) in [6.07, 6.45) is -0.741. The molecule has 3 heteroatoms. The number of aliphatic hydroxyl groups excluding tert-OH is 1. The molecule has 4 atom stereocenters. The Morgan fingerprint density at radius 2 is 2.09 bits per heavy atom. The van der Waals surface area contributed by atoms with Crippen LogP contribution >= 0.6 is 0 Å². The predicted molar refractivity (Wildman–Crippen MR) is 40.1 cm³/mol. The van der Waals surface area contributed by atoms with Crippen LogP contribution in [0.15, 0.2) is 0 Å². The lowest BCUT2D eigenvalue weighted by molar-refractivity contribution is -0.00534. The van der Waals surface area contributed by atoms with E-state index >= 15 is 0 Å². The third kappa shape index (κ3) is 1.27. The van der Waals surface area contributed by atoms with Crippen LogP contribution in [0.4, 0.5) is 4.39 Å². The van der Waals surface area contributed by atoms with Gasteiger partial charge in [0, 0.05) is 5.92 Å². The average molecular weight is 162 g/mol. The summed E-state index contributed by atoms with van der Waals surface area (Å²) in [5.74, 6) is -0.220. The van der Waals surface area contributed by atoms with Crippen LogP contribution in [0.1, 0.15) is 20.8 Å². The molecule has 0 spiro atoms. The van der Waals surface area contributed by atoms with Crippen LogP contribution < -0.4 is 0 Å². The molecule has 66 valence electrons. The summed E-state index contributed by atoms with van der Waals surface area (Å²) >= 11 is 0. The normalized spacial score (nSPS) is 51.5. The zero-order chi connectivity index (χ0) is 8.65. The fraction of sp³-hybridized carbons (Fsp3) is 1.00. The molecule has 1 rings (SSSR count). The van der Waals surface area contributed by atoms with E-state index in [-0.39, 0.29) is 18.6 Å². The zero-order valence-electron chi connectivity index (χ0n) is 7.17. The monoisotopic (exact) mass is 162 g/mol. The first-order chi connectivity index (χ1) is 5.00. The lowest BCUT2D eigenvalue weighted by Gasteiger charge is -2.21. The summed E-state index contributed by atoms with van der Waals surface area (Å²) < 4.78 is 18.8. The topological polar surface area (TPSA) is 29.5 Å². The lowest BCUT2D eigenvalue weighted by Crippen LogP contribution is -2.34. The third-order valence-corrected chi connectivity index (χ3v) is 2.80. The second-order valence-electron chi connectivity index (χ2n) is 3.44. The number of hydrogen-bond acceptors (Lipinski definition) is 2. The van der Waals surface area contributed by atoms with Crippen molar-refractivity contribution >= 4 is 0 Å². The van der Waals surface area contributed by atoms with Crippen molar-refractivity contribution < 1.29 is 14.2 Å². The van der Waals surface area contributed by atoms with E-state index in [4.69, 9.17) is 9.84 Å². The van der Waals surface area contributed by atoms with Gasteiger partial charge in [-0.15, -0.1) is 0 Å². The number of ether oxygens (including phenoxy) is 1. The Morgan fingerprint density at radius 3 is 2.27 bits per heavy atom. The van der Waals surface area contributed by atoms with Gasteiger partial charge in [0.05, 0.1) is 18.8 Å². The van der Waals surface area contributed by atoms with Crippen molar-refractivity contribution in [1.29, 1.82) is 0 Å². The Bertz CT molecular complexity index is 147. The first-order valence-corrected chi connectivity index (χ1v) is 3.95. The number of hydrogen-bond donors (Lipinski definition) is 1. The van der Waals surface area contributed by atoms with Gasteiger partial charge in [0.15, 0.2) is 0 Å². The van der Waals surface area contributed by atoms with Crippen LogP contribution in [-0.4, -0.2) is 29.6 Å². The summed E-state index contributed by atoms with van der Waals surface area (Å²) in [5.41, 5.74) is -1.30. The fourth-order valence-corrected chi connectivity index (χ4v) is 1.45. The molecule has 1 fully saturated rings. The highest BCUT2D eigenvalue weighted by Crippen LogP contribution is 2.38. The highest BCUT2D eigenvalue weighted by molar-refractivity contribution is 4.96. The molecule has 1 saturated heterocycles. The maximum absolute atomic E-state index is 13.6. The van der Waals surface area contributed by atoms with Crippen LogP contribution in [0.3, 0.4) is 0 Å². The summed E-state index contributed by atoms with van der Waals surface area (Å²) in [6.45, 7) is 4.90. The molecule has 0 amide bonds. The second-order valence-corrected chi connectivity index (χ2v) is 3.44. The quantitative estimate of drug-likeness (QED) is 0.626. The van der Waals surface area contributed by atoms with Crippen LogP contribution in [0.25, 0.3) is 0 Å². The van der Waals surface area contributed by atoms with Gasteiger partial charge in [-0.2, -0.15) is 0 Å². The number of aliphatic hydroxyl groups is 1. The zero-order valence-corrected chi connectivity index (χ0v) is 7.17. The Hall–Kier alpha value is -0.150. The predicted octanol–water partition coefficient (Wildman–Crippen LogP) is 1.13. The summed E-state index contributed by atoms with van der Waals surface area (Å²) in [6, 6.07) is 0. The molecule has 0 bridgehead atoms. The molecule has 1 aliphatic heterocycles. The van der Waals surface area contributed by atoms with Crippen LogP contribution in [0.2, 0.25) is 0 Å². The van der Waals surface area contributed by atoms with E-state index in [0.717, 1.165) is 0 Å². The fourth-order valence-electron chi connectivity index (χ4n) is 1.45. The second kappa shape index (κ2) is 2.72. The number of halogens is 1. The van der Waals surface area contributed by atoms with Crippen molar-refractivity contribution in [2.75, 3.05) is 6.61 Å². The largest absolute Gasteiger partial charge is 0.394 e. The standard InChI is InChI=1S/C8H15FO2/c1-5-7(4-10)11-6(2)8(5,3)9/h5-7,10H,4H2,1-3H3/t5-,6?,7-,8-/m1/s1. The van der Waals surface area contributed by atoms with E-state index in [1.54, 1.807) is 13.8 Å². The average Bonchev–Trinajstić information content (AvgIpc) is 2.14. The molecule has 2 nitrogen and oxygen atoms in total. The Morgan fingerprint density at radius 1 is 1.55 bits per heavy atom. The number of alkyl halides is 1. The molecule has 0 saturated carbocycles. The van der Waals surface area contributed by atoms with Gasteiger partial charge in [-0.05, 0) is 13.8 Å². The minimum absolute atomic E-state index is 0.0922. The van der Waals surface area contributed by atoms with E-state index in [1.165, 1.54) is 6.92 Å². The van der Waals surface area contributed by atoms with Crippen molar-refractivity contribution in [3.05, 3.63) is 0 Å². The van der Waals surface area contributed by atoms with E-state index in [2.05, 4.69) is 0 Å². The smallest absolute Gasteiger partial charge is 0.139 e. The van der Waals surface area contributed by atoms with Gasteiger partial charge >= 0.3 is 0 Å². The molecule has 1 N–H and O–H groups in total. The first-order valence-electron chi connectivity index (χ1n) is 3.95. The minimum atomic E-state index is -1.30. The number of rotatable bonds is 1. The van der Waals surface area contributed by atoms with Gasteiger partial charge in [0.1, 0.15) is 5.67 Å². The summed E-state index contributed by atoms with van der Waals surface area (Å²) in [7, 11) is 0. The van der Waals surface area contributed by atoms with Gasteiger partial charge in [-0.25, -0.2) is 4.39 Å². The maximum atomic E-state index is 13.6. The highest BCUT2D eigenvalue weighted by atomic mass is 19.1. The maximum Gasteiger partial charge on any atom is 0.139 e. The molecule has 0 radical (unpaired) electrons. The Kier molecular flexibility index (Phi) is 2.21. The van der Waals surface area contributed by atoms with Crippen molar-refractivity contribution in [2.45, 2.75) is 38.6 Å². The molecule has 0 aliphatic carbocycles. The molecule has 0 aromatic rings. The van der Waals surface area contributed by atoms with Gasteiger partial charge in [0.2, 0.25) is 0 Å². The Balaban J connectivity index is 2.71. The molecule has 1 aliphatic rings. The van der Waals surface area contributed by atoms with Gasteiger partial charge in [-0.3, -0.25) is 0 Å². The molecule has 1 unspecified atom stereocenters. The van der Waals surface area contributed by atoms with Crippen LogP contribution in [0.5, 0.6) is 0 Å². The van der Waals surface area contributed by atoms with E-state index in [9.17, 15) is 4.39 Å². The van der Waals surface area contributed by atoms with Gasteiger partial charge in [0.25, 0.3) is 0 Å². The SMILES string of the molecule is CC1O[C@H](CO)[C@@H](C)[C@@]1(C)F. The highest BCUT2D eigenvalue weighted by Gasteiger charge is 2.49. The van der Waals surface area contributed by atoms with Gasteiger partial charge < -0.3 is 9.84 Å². The summed E-state index contributed by atoms with van der Waals surface area (Å²) in [5, 5.41) is 8.79. The van der Waals surface area contributed by atoms with Crippen molar-refractivity contribution in [3.63, 3.8) is 0 Å². The van der Waals surface area contributed by atoms with Crippen molar-refractivity contribution in [3.8, 4) is 0 Å². The molecule has 1 heterocycles.